The van der Waals surface area contributed by atoms with Crippen LogP contribution in [-0.4, -0.2) is 34.9 Å². The third-order valence-electron chi connectivity index (χ3n) is 2.78. The number of nitrogens with one attached hydrogen (secondary N) is 3. The molecule has 2 heterocycles. The molecule has 0 radical (unpaired) electrons. The summed E-state index contributed by atoms with van der Waals surface area (Å²) in [5.74, 6) is -0.485. The predicted octanol–water partition coefficient (Wildman–Crippen LogP) is 0.405. The highest BCUT2D eigenvalue weighted by Gasteiger charge is 2.18. The average molecular weight is 238 g/mol. The lowest BCUT2D eigenvalue weighted by atomic mass is 10.2. The molecule has 0 bridgehead atoms. The molecular formula is C10H14N4O3. The number of carbonyl (C=O) groups is 1. The fraction of sp³-hybridized carbons (Fsp3) is 0.500. The highest BCUT2D eigenvalue weighted by atomic mass is 16.6. The van der Waals surface area contributed by atoms with E-state index >= 15 is 0 Å². The van der Waals surface area contributed by atoms with E-state index in [4.69, 9.17) is 0 Å². The minimum atomic E-state index is -0.560. The van der Waals surface area contributed by atoms with Gasteiger partial charge in [-0.2, -0.15) is 0 Å². The number of nitrogens with zero attached hydrogens (tertiary/aromatic N) is 1. The van der Waals surface area contributed by atoms with Crippen molar-refractivity contribution in [1.82, 2.24) is 15.6 Å². The predicted molar refractivity (Wildman–Crippen MR) is 60.8 cm³/mol. The second kappa shape index (κ2) is 4.96. The Morgan fingerprint density at radius 1 is 1.59 bits per heavy atom. The van der Waals surface area contributed by atoms with E-state index in [2.05, 4.69) is 15.6 Å². The lowest BCUT2D eigenvalue weighted by molar-refractivity contribution is -0.389. The van der Waals surface area contributed by atoms with Crippen LogP contribution in [0.2, 0.25) is 0 Å². The smallest absolute Gasteiger partial charge is 0.321 e. The first kappa shape index (κ1) is 11.6. The molecule has 92 valence electrons. The van der Waals surface area contributed by atoms with E-state index in [9.17, 15) is 14.9 Å². The molecule has 0 saturated carbocycles. The van der Waals surface area contributed by atoms with Gasteiger partial charge in [0, 0.05) is 18.7 Å². The van der Waals surface area contributed by atoms with E-state index < -0.39 is 4.92 Å². The topological polar surface area (TPSA) is 100 Å². The summed E-state index contributed by atoms with van der Waals surface area (Å²) in [6.07, 6.45) is 2.17. The van der Waals surface area contributed by atoms with Crippen molar-refractivity contribution in [3.8, 4) is 0 Å². The zero-order valence-corrected chi connectivity index (χ0v) is 9.23. The fourth-order valence-electron chi connectivity index (χ4n) is 1.86. The number of rotatable bonds is 4. The fourth-order valence-corrected chi connectivity index (χ4v) is 1.86. The van der Waals surface area contributed by atoms with Gasteiger partial charge in [0.2, 0.25) is 0 Å². The van der Waals surface area contributed by atoms with E-state index in [1.54, 1.807) is 0 Å². The van der Waals surface area contributed by atoms with E-state index in [0.717, 1.165) is 19.4 Å². The Labute approximate surface area is 97.7 Å². The van der Waals surface area contributed by atoms with Gasteiger partial charge in [-0.05, 0) is 30.4 Å². The Kier molecular flexibility index (Phi) is 3.38. The monoisotopic (exact) mass is 238 g/mol. The Hall–Kier alpha value is -1.89. The zero-order valence-electron chi connectivity index (χ0n) is 9.23. The largest absolute Gasteiger partial charge is 0.358 e. The highest BCUT2D eigenvalue weighted by molar-refractivity contribution is 5.92. The summed E-state index contributed by atoms with van der Waals surface area (Å²) in [4.78, 5) is 24.0. The van der Waals surface area contributed by atoms with Crippen molar-refractivity contribution in [2.24, 2.45) is 0 Å². The summed E-state index contributed by atoms with van der Waals surface area (Å²) in [5.41, 5.74) is 0.217. The summed E-state index contributed by atoms with van der Waals surface area (Å²) in [7, 11) is 0. The van der Waals surface area contributed by atoms with Crippen LogP contribution in [-0.2, 0) is 0 Å². The van der Waals surface area contributed by atoms with Crippen molar-refractivity contribution < 1.29 is 9.72 Å². The quantitative estimate of drug-likeness (QED) is 0.522. The van der Waals surface area contributed by atoms with Crippen molar-refractivity contribution in [3.05, 3.63) is 27.9 Å². The number of nitro groups is 1. The summed E-state index contributed by atoms with van der Waals surface area (Å²) in [6, 6.07) is 3.00. The molecule has 1 aromatic rings. The summed E-state index contributed by atoms with van der Waals surface area (Å²) >= 11 is 0. The molecule has 1 aliphatic heterocycles. The number of amides is 1. The van der Waals surface area contributed by atoms with Gasteiger partial charge in [0.15, 0.2) is 5.69 Å². The summed E-state index contributed by atoms with van der Waals surface area (Å²) < 4.78 is 0. The van der Waals surface area contributed by atoms with Crippen LogP contribution in [0.25, 0.3) is 0 Å². The van der Waals surface area contributed by atoms with Gasteiger partial charge in [0.25, 0.3) is 5.91 Å². The normalized spacial score (nSPS) is 19.2. The van der Waals surface area contributed by atoms with Gasteiger partial charge in [0.05, 0.1) is 0 Å². The molecule has 0 aliphatic carbocycles. The van der Waals surface area contributed by atoms with E-state index in [0.29, 0.717) is 12.6 Å². The van der Waals surface area contributed by atoms with E-state index in [1.807, 2.05) is 0 Å². The highest BCUT2D eigenvalue weighted by Crippen LogP contribution is 2.10. The Morgan fingerprint density at radius 3 is 3.00 bits per heavy atom. The van der Waals surface area contributed by atoms with Gasteiger partial charge < -0.3 is 20.7 Å². The molecule has 1 aromatic heterocycles. The van der Waals surface area contributed by atoms with Gasteiger partial charge in [-0.1, -0.05) is 0 Å². The number of H-pyrrole nitrogens is 1. The number of carbonyl (C=O) groups excluding carboxylic acids is 1. The first-order chi connectivity index (χ1) is 8.16. The first-order valence-electron chi connectivity index (χ1n) is 5.52. The van der Waals surface area contributed by atoms with Gasteiger partial charge in [-0.25, -0.2) is 4.98 Å². The minimum Gasteiger partial charge on any atom is -0.358 e. The van der Waals surface area contributed by atoms with Crippen molar-refractivity contribution in [3.63, 3.8) is 0 Å². The molecule has 2 rings (SSSR count). The zero-order chi connectivity index (χ0) is 12.3. The van der Waals surface area contributed by atoms with Crippen LogP contribution >= 0.6 is 0 Å². The van der Waals surface area contributed by atoms with Gasteiger partial charge in [-0.3, -0.25) is 4.79 Å². The number of hydrogen-bond donors (Lipinski definition) is 3. The van der Waals surface area contributed by atoms with Crippen molar-refractivity contribution in [2.75, 3.05) is 13.1 Å². The minimum absolute atomic E-state index is 0.172. The lowest BCUT2D eigenvalue weighted by Crippen LogP contribution is -2.37. The second-order valence-corrected chi connectivity index (χ2v) is 4.02. The summed E-state index contributed by atoms with van der Waals surface area (Å²) in [5, 5.41) is 16.4. The summed E-state index contributed by atoms with van der Waals surface area (Å²) in [6.45, 7) is 1.53. The molecule has 1 unspecified atom stereocenters. The molecule has 0 spiro atoms. The van der Waals surface area contributed by atoms with Gasteiger partial charge >= 0.3 is 5.82 Å². The third kappa shape index (κ3) is 2.82. The molecular weight excluding hydrogens is 224 g/mol. The Balaban J connectivity index is 1.87. The van der Waals surface area contributed by atoms with Crippen LogP contribution in [0.15, 0.2) is 12.1 Å². The molecule has 0 aromatic carbocycles. The molecule has 7 nitrogen and oxygen atoms in total. The average Bonchev–Trinajstić information content (AvgIpc) is 2.96. The molecule has 1 saturated heterocycles. The molecule has 1 aliphatic rings. The third-order valence-corrected chi connectivity index (χ3v) is 2.78. The molecule has 3 N–H and O–H groups in total. The van der Waals surface area contributed by atoms with E-state index in [1.165, 1.54) is 12.1 Å². The Bertz CT molecular complexity index is 423. The van der Waals surface area contributed by atoms with Gasteiger partial charge in [-0.15, -0.1) is 0 Å². The van der Waals surface area contributed by atoms with Crippen LogP contribution in [0, 0.1) is 10.1 Å². The molecule has 7 heteroatoms. The van der Waals surface area contributed by atoms with Crippen molar-refractivity contribution in [2.45, 2.75) is 18.9 Å². The standard InChI is InChI=1S/C10H14N4O3/c15-10(12-6-7-2-1-5-11-7)8-3-4-9(13-8)14(16)17/h3-4,7,11,13H,1-2,5-6H2,(H,12,15). The van der Waals surface area contributed by atoms with Crippen LogP contribution < -0.4 is 10.6 Å². The van der Waals surface area contributed by atoms with E-state index in [-0.39, 0.29) is 17.4 Å². The molecule has 1 fully saturated rings. The van der Waals surface area contributed by atoms with Crippen LogP contribution in [0.4, 0.5) is 5.82 Å². The van der Waals surface area contributed by atoms with Crippen LogP contribution in [0.1, 0.15) is 23.3 Å². The molecule has 1 amide bonds. The molecule has 1 atom stereocenters. The van der Waals surface area contributed by atoms with Crippen molar-refractivity contribution in [1.29, 1.82) is 0 Å². The maximum absolute atomic E-state index is 11.6. The second-order valence-electron chi connectivity index (χ2n) is 4.02. The SMILES string of the molecule is O=C(NCC1CCCN1)c1ccc([N+](=O)[O-])[nH]1. The van der Waals surface area contributed by atoms with Crippen LogP contribution in [0.5, 0.6) is 0 Å². The van der Waals surface area contributed by atoms with Crippen LogP contribution in [0.3, 0.4) is 0 Å². The molecule has 17 heavy (non-hydrogen) atoms. The van der Waals surface area contributed by atoms with Crippen molar-refractivity contribution >= 4 is 11.7 Å². The number of aromatic amines is 1. The number of aromatic nitrogens is 1. The lowest BCUT2D eigenvalue weighted by Gasteiger charge is -2.09. The maximum Gasteiger partial charge on any atom is 0.321 e. The van der Waals surface area contributed by atoms with Gasteiger partial charge in [0.1, 0.15) is 0 Å². The number of hydrogen-bond acceptors (Lipinski definition) is 4. The maximum atomic E-state index is 11.6. The Morgan fingerprint density at radius 2 is 2.41 bits per heavy atom. The first-order valence-corrected chi connectivity index (χ1v) is 5.52.